The van der Waals surface area contributed by atoms with Gasteiger partial charge in [0.2, 0.25) is 0 Å². The summed E-state index contributed by atoms with van der Waals surface area (Å²) in [4.78, 5) is 22.7. The zero-order chi connectivity index (χ0) is 15.1. The highest BCUT2D eigenvalue weighted by molar-refractivity contribution is 5.75. The van der Waals surface area contributed by atoms with Gasteiger partial charge >= 0.3 is 12.0 Å². The van der Waals surface area contributed by atoms with E-state index in [2.05, 4.69) is 17.6 Å². The lowest BCUT2D eigenvalue weighted by atomic mass is 9.82. The maximum absolute atomic E-state index is 11.7. The third-order valence-electron chi connectivity index (χ3n) is 4.20. The number of carbonyl (C=O) groups is 2. The molecule has 0 aromatic rings. The summed E-state index contributed by atoms with van der Waals surface area (Å²) in [5.41, 5.74) is 0. The van der Waals surface area contributed by atoms with Crippen LogP contribution in [0.5, 0.6) is 0 Å². The number of hydrogen-bond donors (Lipinski definition) is 3. The molecule has 0 aromatic heterocycles. The first-order chi connectivity index (χ1) is 9.40. The maximum Gasteiger partial charge on any atom is 0.314 e. The van der Waals surface area contributed by atoms with Crippen molar-refractivity contribution in [2.75, 3.05) is 13.1 Å². The van der Waals surface area contributed by atoms with E-state index in [0.717, 1.165) is 5.92 Å². The van der Waals surface area contributed by atoms with Gasteiger partial charge in [-0.1, -0.05) is 33.6 Å². The van der Waals surface area contributed by atoms with E-state index >= 15 is 0 Å². The van der Waals surface area contributed by atoms with Crippen molar-refractivity contribution < 1.29 is 14.7 Å². The topological polar surface area (TPSA) is 78.4 Å². The highest BCUT2D eigenvalue weighted by Crippen LogP contribution is 2.27. The monoisotopic (exact) mass is 284 g/mol. The van der Waals surface area contributed by atoms with Crippen molar-refractivity contribution in [1.82, 2.24) is 10.6 Å². The number of rotatable bonds is 6. The Morgan fingerprint density at radius 3 is 2.50 bits per heavy atom. The summed E-state index contributed by atoms with van der Waals surface area (Å²) in [5, 5.41) is 14.6. The van der Waals surface area contributed by atoms with Gasteiger partial charge in [0.25, 0.3) is 0 Å². The fraction of sp³-hybridized carbons (Fsp3) is 0.867. The zero-order valence-corrected chi connectivity index (χ0v) is 12.8. The van der Waals surface area contributed by atoms with Gasteiger partial charge in [-0.25, -0.2) is 4.79 Å². The van der Waals surface area contributed by atoms with Crippen LogP contribution in [0.4, 0.5) is 4.79 Å². The van der Waals surface area contributed by atoms with Crippen molar-refractivity contribution in [3.05, 3.63) is 0 Å². The van der Waals surface area contributed by atoms with E-state index in [1.807, 2.05) is 13.8 Å². The molecule has 0 spiro atoms. The van der Waals surface area contributed by atoms with Gasteiger partial charge in [0.1, 0.15) is 0 Å². The first-order valence-electron chi connectivity index (χ1n) is 7.64. The molecule has 2 amide bonds. The number of aliphatic carboxylic acids is 1. The Morgan fingerprint density at radius 1 is 1.25 bits per heavy atom. The third-order valence-corrected chi connectivity index (χ3v) is 4.20. The van der Waals surface area contributed by atoms with Gasteiger partial charge in [-0.15, -0.1) is 0 Å². The Kier molecular flexibility index (Phi) is 6.82. The minimum Gasteiger partial charge on any atom is -0.481 e. The summed E-state index contributed by atoms with van der Waals surface area (Å²) < 4.78 is 0. The normalized spacial score (nSPS) is 24.2. The van der Waals surface area contributed by atoms with Crippen molar-refractivity contribution in [3.63, 3.8) is 0 Å². The van der Waals surface area contributed by atoms with Crippen molar-refractivity contribution in [2.24, 2.45) is 23.7 Å². The first kappa shape index (κ1) is 16.8. The zero-order valence-electron chi connectivity index (χ0n) is 12.8. The molecule has 3 unspecified atom stereocenters. The number of hydrogen-bond acceptors (Lipinski definition) is 2. The number of carboxylic acids is 1. The highest BCUT2D eigenvalue weighted by Gasteiger charge is 2.22. The van der Waals surface area contributed by atoms with Crippen LogP contribution in [-0.4, -0.2) is 30.2 Å². The van der Waals surface area contributed by atoms with Crippen LogP contribution in [0.25, 0.3) is 0 Å². The number of amides is 2. The second-order valence-corrected chi connectivity index (χ2v) is 6.42. The smallest absolute Gasteiger partial charge is 0.314 e. The standard InChI is InChI=1S/C15H28N2O3/c1-10(2)13(14(18)19)9-17-15(20)16-8-12-6-4-5-11(3)7-12/h10-13H,4-9H2,1-3H3,(H,18,19)(H2,16,17,20). The Morgan fingerprint density at radius 2 is 1.95 bits per heavy atom. The molecule has 20 heavy (non-hydrogen) atoms. The average molecular weight is 284 g/mol. The molecule has 0 heterocycles. The molecule has 0 bridgehead atoms. The van der Waals surface area contributed by atoms with Gasteiger partial charge in [0, 0.05) is 13.1 Å². The SMILES string of the molecule is CC1CCCC(CNC(=O)NCC(C(=O)O)C(C)C)C1. The molecule has 0 aliphatic heterocycles. The van der Waals surface area contributed by atoms with Gasteiger partial charge in [-0.3, -0.25) is 4.79 Å². The number of urea groups is 1. The minimum atomic E-state index is -0.860. The van der Waals surface area contributed by atoms with E-state index in [1.54, 1.807) is 0 Å². The molecule has 1 fully saturated rings. The number of nitrogens with one attached hydrogen (secondary N) is 2. The van der Waals surface area contributed by atoms with Crippen LogP contribution < -0.4 is 10.6 Å². The van der Waals surface area contributed by atoms with E-state index in [4.69, 9.17) is 5.11 Å². The van der Waals surface area contributed by atoms with E-state index < -0.39 is 11.9 Å². The van der Waals surface area contributed by atoms with E-state index in [9.17, 15) is 9.59 Å². The molecule has 3 atom stereocenters. The second kappa shape index (κ2) is 8.12. The molecule has 1 aliphatic rings. The molecule has 0 saturated heterocycles. The molecule has 1 saturated carbocycles. The van der Waals surface area contributed by atoms with Gasteiger partial charge in [-0.05, 0) is 30.6 Å². The third kappa shape index (κ3) is 5.80. The Labute approximate surface area is 121 Å². The molecule has 116 valence electrons. The van der Waals surface area contributed by atoms with Crippen molar-refractivity contribution >= 4 is 12.0 Å². The molecule has 1 aliphatic carbocycles. The molecule has 0 aromatic carbocycles. The molecular formula is C15H28N2O3. The summed E-state index contributed by atoms with van der Waals surface area (Å²) in [6, 6.07) is -0.255. The molecule has 5 nitrogen and oxygen atoms in total. The van der Waals surface area contributed by atoms with Gasteiger partial charge in [-0.2, -0.15) is 0 Å². The molecule has 5 heteroatoms. The lowest BCUT2D eigenvalue weighted by Gasteiger charge is -2.27. The highest BCUT2D eigenvalue weighted by atomic mass is 16.4. The largest absolute Gasteiger partial charge is 0.481 e. The van der Waals surface area contributed by atoms with E-state index in [-0.39, 0.29) is 18.5 Å². The van der Waals surface area contributed by atoms with Crippen LogP contribution in [-0.2, 0) is 4.79 Å². The fourth-order valence-electron chi connectivity index (χ4n) is 2.86. The minimum absolute atomic E-state index is 0.00648. The quantitative estimate of drug-likeness (QED) is 0.701. The summed E-state index contributed by atoms with van der Waals surface area (Å²) in [6.07, 6.45) is 4.87. The van der Waals surface area contributed by atoms with Crippen LogP contribution in [0.3, 0.4) is 0 Å². The van der Waals surface area contributed by atoms with Crippen LogP contribution in [0.1, 0.15) is 46.5 Å². The predicted octanol–water partition coefficient (Wildman–Crippen LogP) is 2.47. The first-order valence-corrected chi connectivity index (χ1v) is 7.64. The van der Waals surface area contributed by atoms with Crippen molar-refractivity contribution in [1.29, 1.82) is 0 Å². The van der Waals surface area contributed by atoms with Crippen LogP contribution in [0.15, 0.2) is 0 Å². The maximum atomic E-state index is 11.7. The Hall–Kier alpha value is -1.26. The van der Waals surface area contributed by atoms with Crippen LogP contribution in [0, 0.1) is 23.7 Å². The number of carbonyl (C=O) groups excluding carboxylic acids is 1. The van der Waals surface area contributed by atoms with Gasteiger partial charge < -0.3 is 15.7 Å². The predicted molar refractivity (Wildman–Crippen MR) is 78.5 cm³/mol. The van der Waals surface area contributed by atoms with E-state index in [0.29, 0.717) is 12.5 Å². The second-order valence-electron chi connectivity index (χ2n) is 6.42. The van der Waals surface area contributed by atoms with Gasteiger partial charge in [0.05, 0.1) is 5.92 Å². The Balaban J connectivity index is 2.24. The van der Waals surface area contributed by atoms with E-state index in [1.165, 1.54) is 25.7 Å². The lowest BCUT2D eigenvalue weighted by Crippen LogP contribution is -2.43. The average Bonchev–Trinajstić information content (AvgIpc) is 2.35. The molecular weight excluding hydrogens is 256 g/mol. The summed E-state index contributed by atoms with van der Waals surface area (Å²) in [5.74, 6) is -0.0790. The van der Waals surface area contributed by atoms with Crippen LogP contribution >= 0.6 is 0 Å². The molecule has 3 N–H and O–H groups in total. The summed E-state index contributed by atoms with van der Waals surface area (Å²) in [6.45, 7) is 6.82. The summed E-state index contributed by atoms with van der Waals surface area (Å²) >= 11 is 0. The lowest BCUT2D eigenvalue weighted by molar-refractivity contribution is -0.142. The Bertz CT molecular complexity index is 331. The van der Waals surface area contributed by atoms with Crippen LogP contribution in [0.2, 0.25) is 0 Å². The van der Waals surface area contributed by atoms with Crippen molar-refractivity contribution in [2.45, 2.75) is 46.5 Å². The number of carboxylic acid groups (broad SMARTS) is 1. The van der Waals surface area contributed by atoms with Gasteiger partial charge in [0.15, 0.2) is 0 Å². The summed E-state index contributed by atoms with van der Waals surface area (Å²) in [7, 11) is 0. The molecule has 0 radical (unpaired) electrons. The molecule has 1 rings (SSSR count). The fourth-order valence-corrected chi connectivity index (χ4v) is 2.86. The van der Waals surface area contributed by atoms with Crippen molar-refractivity contribution in [3.8, 4) is 0 Å².